The van der Waals surface area contributed by atoms with E-state index in [9.17, 15) is 9.59 Å². The van der Waals surface area contributed by atoms with Crippen LogP contribution in [0, 0.1) is 6.92 Å². The van der Waals surface area contributed by atoms with Gasteiger partial charge in [0.15, 0.2) is 5.65 Å². The fraction of sp³-hybridized carbons (Fsp3) is 0.200. The number of hydrogen-bond acceptors (Lipinski definition) is 6. The smallest absolute Gasteiger partial charge is 0.341 e. The summed E-state index contributed by atoms with van der Waals surface area (Å²) in [6.07, 6.45) is 0. The number of para-hydroxylation sites is 1. The maximum Gasteiger partial charge on any atom is 0.341 e. The molecular weight excluding hydrogens is 418 g/mol. The van der Waals surface area contributed by atoms with E-state index in [4.69, 9.17) is 4.74 Å². The van der Waals surface area contributed by atoms with Gasteiger partial charge in [0.2, 0.25) is 0 Å². The summed E-state index contributed by atoms with van der Waals surface area (Å²) in [5.41, 5.74) is 3.51. The molecule has 0 fully saturated rings. The van der Waals surface area contributed by atoms with Crippen LogP contribution >= 0.6 is 0 Å². The topological polar surface area (TPSA) is 90.5 Å². The molecular formula is C25H23N5O3. The van der Waals surface area contributed by atoms with Gasteiger partial charge in [-0.05, 0) is 38.5 Å². The molecule has 0 aliphatic carbocycles. The van der Waals surface area contributed by atoms with E-state index in [1.165, 1.54) is 4.40 Å². The van der Waals surface area contributed by atoms with Gasteiger partial charge in [0.05, 0.1) is 29.3 Å². The number of nitrogens with one attached hydrogen (secondary N) is 1. The molecule has 4 aromatic rings. The minimum Gasteiger partial charge on any atom is -0.463 e. The number of rotatable bonds is 4. The first-order chi connectivity index (χ1) is 16.0. The van der Waals surface area contributed by atoms with Crippen LogP contribution in [0.25, 0.3) is 11.3 Å². The highest BCUT2D eigenvalue weighted by Gasteiger charge is 2.38. The first-order valence-corrected chi connectivity index (χ1v) is 10.8. The number of nitrogens with zero attached hydrogens (tertiary/aromatic N) is 4. The molecule has 0 saturated carbocycles. The standard InChI is InChI=1S/C25H23N5O3/c1-4-33-24(31)19-15(2)26-22-21(20(19)17-11-7-5-8-12-17)23-28-27-16(3)29(23)25(32)30(22)18-13-9-6-10-14-18/h5-14,20,26H,4H2,1-3H3. The second-order valence-electron chi connectivity index (χ2n) is 7.85. The van der Waals surface area contributed by atoms with Gasteiger partial charge in [0.1, 0.15) is 11.6 Å². The molecule has 1 atom stereocenters. The maximum atomic E-state index is 13.6. The molecule has 0 saturated heterocycles. The van der Waals surface area contributed by atoms with E-state index in [1.54, 1.807) is 18.4 Å². The van der Waals surface area contributed by atoms with Crippen LogP contribution in [-0.4, -0.2) is 31.7 Å². The summed E-state index contributed by atoms with van der Waals surface area (Å²) in [5, 5.41) is 11.9. The lowest BCUT2D eigenvalue weighted by Crippen LogP contribution is -2.34. The quantitative estimate of drug-likeness (QED) is 0.487. The predicted octanol–water partition coefficient (Wildman–Crippen LogP) is 3.58. The van der Waals surface area contributed by atoms with Crippen LogP contribution in [0.15, 0.2) is 76.7 Å². The Morgan fingerprint density at radius 1 is 1.03 bits per heavy atom. The summed E-state index contributed by atoms with van der Waals surface area (Å²) >= 11 is 0. The summed E-state index contributed by atoms with van der Waals surface area (Å²) in [5.74, 6) is 0.126. The molecule has 1 unspecified atom stereocenters. The van der Waals surface area contributed by atoms with Gasteiger partial charge in [-0.1, -0.05) is 48.5 Å². The Balaban J connectivity index is 1.92. The summed E-state index contributed by atoms with van der Waals surface area (Å²) in [4.78, 5) is 26.8. The second kappa shape index (κ2) is 8.05. The summed E-state index contributed by atoms with van der Waals surface area (Å²) in [6.45, 7) is 5.60. The fourth-order valence-electron chi connectivity index (χ4n) is 4.46. The van der Waals surface area contributed by atoms with Gasteiger partial charge in [-0.2, -0.15) is 0 Å². The number of carbonyl (C=O) groups excluding carboxylic acids is 1. The molecule has 0 bridgehead atoms. The minimum absolute atomic E-state index is 0.257. The molecule has 1 aliphatic rings. The molecule has 0 radical (unpaired) electrons. The van der Waals surface area contributed by atoms with Crippen molar-refractivity contribution in [3.05, 3.63) is 99.4 Å². The first-order valence-electron chi connectivity index (χ1n) is 10.8. The van der Waals surface area contributed by atoms with Crippen molar-refractivity contribution in [3.63, 3.8) is 0 Å². The third-order valence-electron chi connectivity index (χ3n) is 5.86. The number of esters is 1. The van der Waals surface area contributed by atoms with E-state index < -0.39 is 11.9 Å². The average molecular weight is 441 g/mol. The number of aromatic nitrogens is 4. The monoisotopic (exact) mass is 441 g/mol. The summed E-state index contributed by atoms with van der Waals surface area (Å²) < 4.78 is 8.53. The van der Waals surface area contributed by atoms with Gasteiger partial charge in [-0.3, -0.25) is 0 Å². The molecule has 166 valence electrons. The lowest BCUT2D eigenvalue weighted by atomic mass is 9.82. The van der Waals surface area contributed by atoms with Gasteiger partial charge < -0.3 is 10.1 Å². The minimum atomic E-state index is -0.497. The van der Waals surface area contributed by atoms with E-state index in [1.807, 2.05) is 67.6 Å². The zero-order chi connectivity index (χ0) is 23.1. The highest BCUT2D eigenvalue weighted by Crippen LogP contribution is 2.44. The zero-order valence-corrected chi connectivity index (χ0v) is 18.6. The third kappa shape index (κ3) is 3.22. The molecule has 8 heteroatoms. The van der Waals surface area contributed by atoms with Crippen LogP contribution in [0.5, 0.6) is 0 Å². The highest BCUT2D eigenvalue weighted by atomic mass is 16.5. The lowest BCUT2D eigenvalue weighted by Gasteiger charge is -2.32. The van der Waals surface area contributed by atoms with Crippen molar-refractivity contribution in [3.8, 4) is 5.69 Å². The van der Waals surface area contributed by atoms with Gasteiger partial charge in [-0.15, -0.1) is 10.2 Å². The average Bonchev–Trinajstić information content (AvgIpc) is 3.21. The molecule has 0 amide bonds. The van der Waals surface area contributed by atoms with E-state index in [0.29, 0.717) is 39.8 Å². The Morgan fingerprint density at radius 2 is 1.70 bits per heavy atom. The van der Waals surface area contributed by atoms with E-state index >= 15 is 0 Å². The Morgan fingerprint density at radius 3 is 2.36 bits per heavy atom. The van der Waals surface area contributed by atoms with Crippen molar-refractivity contribution in [1.82, 2.24) is 19.2 Å². The van der Waals surface area contributed by atoms with Crippen molar-refractivity contribution >= 4 is 17.4 Å². The van der Waals surface area contributed by atoms with Crippen LogP contribution in [0.3, 0.4) is 0 Å². The van der Waals surface area contributed by atoms with Gasteiger partial charge >= 0.3 is 11.7 Å². The van der Waals surface area contributed by atoms with Crippen LogP contribution in [-0.2, 0) is 9.53 Å². The number of anilines is 1. The molecule has 1 N–H and O–H groups in total. The van der Waals surface area contributed by atoms with Crippen molar-refractivity contribution < 1.29 is 9.53 Å². The molecule has 8 nitrogen and oxygen atoms in total. The number of fused-ring (bicyclic) bond motifs is 3. The normalized spacial score (nSPS) is 15.3. The lowest BCUT2D eigenvalue weighted by molar-refractivity contribution is -0.138. The number of allylic oxidation sites excluding steroid dienone is 1. The number of carbonyl (C=O) groups is 1. The van der Waals surface area contributed by atoms with Crippen LogP contribution in [0.2, 0.25) is 0 Å². The summed E-state index contributed by atoms with van der Waals surface area (Å²) in [7, 11) is 0. The highest BCUT2D eigenvalue weighted by molar-refractivity contribution is 5.95. The van der Waals surface area contributed by atoms with Gasteiger partial charge in [0.25, 0.3) is 0 Å². The summed E-state index contributed by atoms with van der Waals surface area (Å²) in [6, 6.07) is 19.1. The number of hydrogen-bond donors (Lipinski definition) is 1. The van der Waals surface area contributed by atoms with E-state index in [0.717, 1.165) is 5.56 Å². The Kier molecular flexibility index (Phi) is 5.05. The van der Waals surface area contributed by atoms with Gasteiger partial charge in [0, 0.05) is 5.70 Å². The largest absolute Gasteiger partial charge is 0.463 e. The van der Waals surface area contributed by atoms with Crippen LogP contribution < -0.4 is 11.0 Å². The molecule has 1 aliphatic heterocycles. The Hall–Kier alpha value is -4.20. The van der Waals surface area contributed by atoms with Crippen LogP contribution in [0.4, 0.5) is 5.82 Å². The van der Waals surface area contributed by atoms with E-state index in [2.05, 4.69) is 15.5 Å². The molecule has 0 spiro atoms. The van der Waals surface area contributed by atoms with Crippen molar-refractivity contribution in [1.29, 1.82) is 0 Å². The third-order valence-corrected chi connectivity index (χ3v) is 5.86. The van der Waals surface area contributed by atoms with Gasteiger partial charge in [-0.25, -0.2) is 18.6 Å². The SMILES string of the molecule is CCOC(=O)C1=C(C)Nc2c(c3nnc(C)n3c(=O)n2-c2ccccc2)C1c1ccccc1. The fourth-order valence-corrected chi connectivity index (χ4v) is 4.46. The Labute approximate surface area is 190 Å². The first kappa shape index (κ1) is 20.7. The number of ether oxygens (including phenoxy) is 1. The molecule has 2 aromatic carbocycles. The number of aryl methyl sites for hydroxylation is 1. The zero-order valence-electron chi connectivity index (χ0n) is 18.6. The van der Waals surface area contributed by atoms with E-state index in [-0.39, 0.29) is 12.3 Å². The maximum absolute atomic E-state index is 13.6. The molecule has 2 aromatic heterocycles. The van der Waals surface area contributed by atoms with Crippen LogP contribution in [0.1, 0.15) is 36.7 Å². The second-order valence-corrected chi connectivity index (χ2v) is 7.85. The Bertz CT molecular complexity index is 1450. The predicted molar refractivity (Wildman–Crippen MR) is 125 cm³/mol. The van der Waals surface area contributed by atoms with Crippen molar-refractivity contribution in [2.24, 2.45) is 0 Å². The molecule has 3 heterocycles. The number of benzene rings is 2. The molecule has 5 rings (SSSR count). The van der Waals surface area contributed by atoms with Crippen molar-refractivity contribution in [2.75, 3.05) is 11.9 Å². The molecule has 33 heavy (non-hydrogen) atoms. The van der Waals surface area contributed by atoms with Crippen molar-refractivity contribution in [2.45, 2.75) is 26.7 Å².